The van der Waals surface area contributed by atoms with Crippen molar-refractivity contribution < 1.29 is 9.63 Å². The number of hydrogen-bond acceptors (Lipinski definition) is 4. The molecule has 0 amide bonds. The van der Waals surface area contributed by atoms with E-state index in [-0.39, 0.29) is 11.9 Å². The molecule has 0 unspecified atom stereocenters. The molecule has 0 aliphatic carbocycles. The van der Waals surface area contributed by atoms with Crippen LogP contribution in [0.15, 0.2) is 5.16 Å². The second-order valence-corrected chi connectivity index (χ2v) is 2.56. The maximum Gasteiger partial charge on any atom is 0.338 e. The molecule has 0 aromatic rings. The summed E-state index contributed by atoms with van der Waals surface area (Å²) in [5.41, 5.74) is 0. The van der Waals surface area contributed by atoms with Crippen molar-refractivity contribution in [2.24, 2.45) is 11.1 Å². The molecule has 1 aliphatic rings. The first-order valence-corrected chi connectivity index (χ1v) is 3.72. The topological polar surface area (TPSA) is 50.7 Å². The van der Waals surface area contributed by atoms with E-state index < -0.39 is 0 Å². The Balaban J connectivity index is 2.32. The van der Waals surface area contributed by atoms with Crippen molar-refractivity contribution in [3.8, 4) is 0 Å². The van der Waals surface area contributed by atoms with Gasteiger partial charge in [-0.15, -0.1) is 0 Å². The number of nitrogens with one attached hydrogen (secondary N) is 1. The van der Waals surface area contributed by atoms with Gasteiger partial charge in [-0.3, -0.25) is 0 Å². The van der Waals surface area contributed by atoms with Gasteiger partial charge in [-0.2, -0.15) is 0 Å². The highest BCUT2D eigenvalue weighted by Crippen LogP contribution is 2.12. The maximum atomic E-state index is 11.0. The van der Waals surface area contributed by atoms with Crippen molar-refractivity contribution in [3.05, 3.63) is 0 Å². The maximum absolute atomic E-state index is 11.0. The number of hydrogen-bond donors (Lipinski definition) is 1. The number of rotatable bonds is 2. The molecule has 0 radical (unpaired) electrons. The van der Waals surface area contributed by atoms with Crippen LogP contribution in [0.5, 0.6) is 0 Å². The molecule has 0 saturated carbocycles. The molecule has 1 saturated heterocycles. The lowest BCUT2D eigenvalue weighted by molar-refractivity contribution is -0.149. The summed E-state index contributed by atoms with van der Waals surface area (Å²) in [7, 11) is 0. The van der Waals surface area contributed by atoms with Gasteiger partial charge < -0.3 is 10.2 Å². The molecule has 0 aromatic carbocycles. The van der Waals surface area contributed by atoms with Gasteiger partial charge in [0.15, 0.2) is 0 Å². The van der Waals surface area contributed by atoms with Crippen molar-refractivity contribution in [1.29, 1.82) is 0 Å². The van der Waals surface area contributed by atoms with E-state index in [2.05, 4.69) is 22.0 Å². The normalized spacial score (nSPS) is 19.3. The van der Waals surface area contributed by atoms with Crippen molar-refractivity contribution in [2.45, 2.75) is 12.8 Å². The Morgan fingerprint density at radius 1 is 1.55 bits per heavy atom. The van der Waals surface area contributed by atoms with Crippen LogP contribution in [0.2, 0.25) is 0 Å². The van der Waals surface area contributed by atoms with Crippen molar-refractivity contribution in [3.63, 3.8) is 0 Å². The quantitative estimate of drug-likeness (QED) is 0.351. The van der Waals surface area contributed by atoms with Crippen LogP contribution in [0, 0.1) is 5.92 Å². The summed E-state index contributed by atoms with van der Waals surface area (Å²) < 4.78 is 0. The SMILES string of the molecule is C=NOC(=O)C1CCNCC1. The molecule has 0 atom stereocenters. The summed E-state index contributed by atoms with van der Waals surface area (Å²) in [5, 5.41) is 6.25. The highest BCUT2D eigenvalue weighted by molar-refractivity contribution is 5.72. The highest BCUT2D eigenvalue weighted by Gasteiger charge is 2.22. The first-order chi connectivity index (χ1) is 5.34. The van der Waals surface area contributed by atoms with E-state index in [0.29, 0.717) is 0 Å². The third-order valence-electron chi connectivity index (χ3n) is 1.83. The molecule has 0 aromatic heterocycles. The smallest absolute Gasteiger partial charge is 0.319 e. The first kappa shape index (κ1) is 8.20. The molecule has 4 heteroatoms. The fraction of sp³-hybridized carbons (Fsp3) is 0.714. The third kappa shape index (κ3) is 2.31. The molecule has 0 bridgehead atoms. The van der Waals surface area contributed by atoms with E-state index in [1.54, 1.807) is 0 Å². The average Bonchev–Trinajstić information content (AvgIpc) is 2.07. The van der Waals surface area contributed by atoms with Gasteiger partial charge in [0.25, 0.3) is 0 Å². The molecule has 11 heavy (non-hydrogen) atoms. The molecule has 4 nitrogen and oxygen atoms in total. The van der Waals surface area contributed by atoms with E-state index in [1.165, 1.54) is 0 Å². The molecule has 1 aliphatic heterocycles. The second kappa shape index (κ2) is 4.08. The van der Waals surface area contributed by atoms with Gasteiger partial charge in [-0.25, -0.2) is 4.79 Å². The number of piperidine rings is 1. The summed E-state index contributed by atoms with van der Waals surface area (Å²) in [6, 6.07) is 0. The predicted molar refractivity (Wildman–Crippen MR) is 41.2 cm³/mol. The van der Waals surface area contributed by atoms with Gasteiger partial charge in [0.2, 0.25) is 0 Å². The van der Waals surface area contributed by atoms with Gasteiger partial charge in [-0.05, 0) is 25.9 Å². The predicted octanol–water partition coefficient (Wildman–Crippen LogP) is 0.145. The molecule has 1 heterocycles. The summed E-state index contributed by atoms with van der Waals surface area (Å²) in [4.78, 5) is 15.4. The van der Waals surface area contributed by atoms with Gasteiger partial charge in [0, 0.05) is 6.72 Å². The fourth-order valence-corrected chi connectivity index (χ4v) is 1.20. The van der Waals surface area contributed by atoms with Crippen molar-refractivity contribution in [2.75, 3.05) is 13.1 Å². The summed E-state index contributed by atoms with van der Waals surface area (Å²) in [6.45, 7) is 4.86. The lowest BCUT2D eigenvalue weighted by atomic mass is 9.99. The Labute approximate surface area is 65.6 Å². The average molecular weight is 156 g/mol. The standard InChI is InChI=1S/C7H12N2O2/c1-8-11-7(10)6-2-4-9-5-3-6/h6,9H,1-5H2. The number of carbonyl (C=O) groups is 1. The minimum atomic E-state index is -0.249. The monoisotopic (exact) mass is 156 g/mol. The van der Waals surface area contributed by atoms with Crippen molar-refractivity contribution >= 4 is 12.7 Å². The molecule has 1 fully saturated rings. The van der Waals surface area contributed by atoms with E-state index in [0.717, 1.165) is 25.9 Å². The van der Waals surface area contributed by atoms with Gasteiger partial charge in [-0.1, -0.05) is 5.16 Å². The lowest BCUT2D eigenvalue weighted by Crippen LogP contribution is -2.32. The van der Waals surface area contributed by atoms with Crippen molar-refractivity contribution in [1.82, 2.24) is 5.32 Å². The zero-order chi connectivity index (χ0) is 8.10. The Kier molecular flexibility index (Phi) is 3.04. The summed E-state index contributed by atoms with van der Waals surface area (Å²) in [5.74, 6) is -0.233. The molecular weight excluding hydrogens is 144 g/mol. The van der Waals surface area contributed by atoms with Gasteiger partial charge >= 0.3 is 5.97 Å². The van der Waals surface area contributed by atoms with Crippen LogP contribution < -0.4 is 5.32 Å². The molecule has 1 rings (SSSR count). The Morgan fingerprint density at radius 2 is 2.18 bits per heavy atom. The first-order valence-electron chi connectivity index (χ1n) is 3.72. The molecule has 1 N–H and O–H groups in total. The lowest BCUT2D eigenvalue weighted by Gasteiger charge is -2.18. The van der Waals surface area contributed by atoms with E-state index in [4.69, 9.17) is 0 Å². The minimum absolute atomic E-state index is 0.0155. The van der Waals surface area contributed by atoms with Crippen LogP contribution in [-0.2, 0) is 9.63 Å². The van der Waals surface area contributed by atoms with Crippen LogP contribution in [0.25, 0.3) is 0 Å². The van der Waals surface area contributed by atoms with E-state index in [1.807, 2.05) is 0 Å². The number of nitrogens with zero attached hydrogens (tertiary/aromatic N) is 1. The fourth-order valence-electron chi connectivity index (χ4n) is 1.20. The Morgan fingerprint density at radius 3 is 2.73 bits per heavy atom. The largest absolute Gasteiger partial charge is 0.338 e. The zero-order valence-electron chi connectivity index (χ0n) is 6.38. The molecule has 0 spiro atoms. The van der Waals surface area contributed by atoms with Crippen LogP contribution in [0.3, 0.4) is 0 Å². The number of oxime groups is 1. The van der Waals surface area contributed by atoms with E-state index in [9.17, 15) is 4.79 Å². The van der Waals surface area contributed by atoms with Crippen LogP contribution in [0.1, 0.15) is 12.8 Å². The summed E-state index contributed by atoms with van der Waals surface area (Å²) >= 11 is 0. The highest BCUT2D eigenvalue weighted by atomic mass is 16.7. The molecule has 62 valence electrons. The van der Waals surface area contributed by atoms with Gasteiger partial charge in [0.1, 0.15) is 0 Å². The zero-order valence-corrected chi connectivity index (χ0v) is 6.38. The van der Waals surface area contributed by atoms with Crippen LogP contribution in [0.4, 0.5) is 0 Å². The minimum Gasteiger partial charge on any atom is -0.319 e. The van der Waals surface area contributed by atoms with Crippen LogP contribution >= 0.6 is 0 Å². The Bertz CT molecular complexity index is 153. The van der Waals surface area contributed by atoms with E-state index >= 15 is 0 Å². The number of carbonyl (C=O) groups excluding carboxylic acids is 1. The van der Waals surface area contributed by atoms with Gasteiger partial charge in [0.05, 0.1) is 5.92 Å². The molecular formula is C7H12N2O2. The third-order valence-corrected chi connectivity index (χ3v) is 1.83. The van der Waals surface area contributed by atoms with Crippen LogP contribution in [-0.4, -0.2) is 25.8 Å². The second-order valence-electron chi connectivity index (χ2n) is 2.56. The Hall–Kier alpha value is -0.900. The summed E-state index contributed by atoms with van der Waals surface area (Å²) in [6.07, 6.45) is 1.68.